The summed E-state index contributed by atoms with van der Waals surface area (Å²) in [4.78, 5) is 0. The maximum atomic E-state index is 3.50. The van der Waals surface area contributed by atoms with Crippen molar-refractivity contribution in [1.29, 1.82) is 0 Å². The van der Waals surface area contributed by atoms with Gasteiger partial charge in [0.15, 0.2) is 0 Å². The Hall–Kier alpha value is -1.56. The Labute approximate surface area is 109 Å². The van der Waals surface area contributed by atoms with Gasteiger partial charge in [-0.15, -0.1) is 0 Å². The molecule has 0 amide bonds. The van der Waals surface area contributed by atoms with E-state index in [1.807, 2.05) is 0 Å². The van der Waals surface area contributed by atoms with Crippen LogP contribution < -0.4 is 0 Å². The third kappa shape index (κ3) is 1.38. The van der Waals surface area contributed by atoms with Crippen LogP contribution in [-0.4, -0.2) is 0 Å². The molecule has 1 unspecified atom stereocenters. The lowest BCUT2D eigenvalue weighted by Crippen LogP contribution is -2.04. The molecule has 1 radical (unpaired) electrons. The van der Waals surface area contributed by atoms with Crippen LogP contribution >= 0.6 is 0 Å². The maximum Gasteiger partial charge on any atom is 0.0105 e. The van der Waals surface area contributed by atoms with Gasteiger partial charge in [0.2, 0.25) is 0 Å². The second-order valence-corrected chi connectivity index (χ2v) is 5.52. The van der Waals surface area contributed by atoms with Crippen molar-refractivity contribution >= 4 is 0 Å². The van der Waals surface area contributed by atoms with Gasteiger partial charge >= 0.3 is 0 Å². The molecule has 0 saturated heterocycles. The van der Waals surface area contributed by atoms with Gasteiger partial charge in [-0.3, -0.25) is 0 Å². The number of hydrogen-bond donors (Lipinski definition) is 0. The van der Waals surface area contributed by atoms with E-state index in [1.54, 1.807) is 11.1 Å². The SMILES string of the molecule is [c]1ccc2c3c1CCCCCC3c1ccccc1-2. The van der Waals surface area contributed by atoms with Crippen LogP contribution in [0.4, 0.5) is 0 Å². The first kappa shape index (κ1) is 10.4. The molecule has 2 aromatic carbocycles. The Balaban J connectivity index is 2.00. The number of fused-ring (bicyclic) bond motifs is 3. The van der Waals surface area contributed by atoms with Crippen LogP contribution in [0.15, 0.2) is 36.4 Å². The minimum absolute atomic E-state index is 0.643. The largest absolute Gasteiger partial charge is 0.0619 e. The smallest absolute Gasteiger partial charge is 0.0105 e. The molecule has 0 saturated carbocycles. The second kappa shape index (κ2) is 3.98. The molecule has 4 rings (SSSR count). The fraction of sp³-hybridized carbons (Fsp3) is 0.333. The summed E-state index contributed by atoms with van der Waals surface area (Å²) in [6.45, 7) is 0. The Morgan fingerprint density at radius 2 is 1.89 bits per heavy atom. The fourth-order valence-corrected chi connectivity index (χ4v) is 3.72. The van der Waals surface area contributed by atoms with E-state index in [2.05, 4.69) is 42.5 Å². The van der Waals surface area contributed by atoms with Crippen molar-refractivity contribution in [3.05, 3.63) is 59.2 Å². The van der Waals surface area contributed by atoms with Crippen molar-refractivity contribution in [2.45, 2.75) is 38.0 Å². The summed E-state index contributed by atoms with van der Waals surface area (Å²) in [6, 6.07) is 16.9. The number of benzene rings is 2. The van der Waals surface area contributed by atoms with E-state index in [4.69, 9.17) is 0 Å². The van der Waals surface area contributed by atoms with Crippen molar-refractivity contribution in [2.75, 3.05) is 0 Å². The van der Waals surface area contributed by atoms with E-state index in [0.717, 1.165) is 0 Å². The van der Waals surface area contributed by atoms with Crippen LogP contribution in [0.25, 0.3) is 11.1 Å². The van der Waals surface area contributed by atoms with Crippen molar-refractivity contribution in [3.8, 4) is 11.1 Å². The van der Waals surface area contributed by atoms with E-state index >= 15 is 0 Å². The zero-order valence-corrected chi connectivity index (χ0v) is 10.6. The summed E-state index contributed by atoms with van der Waals surface area (Å²) in [5, 5.41) is 0. The molecule has 0 nitrogen and oxygen atoms in total. The van der Waals surface area contributed by atoms with Crippen LogP contribution in [0.5, 0.6) is 0 Å². The highest BCUT2D eigenvalue weighted by Gasteiger charge is 2.30. The lowest BCUT2D eigenvalue weighted by molar-refractivity contribution is 0.583. The molecule has 0 aliphatic heterocycles. The van der Waals surface area contributed by atoms with Gasteiger partial charge in [-0.05, 0) is 53.1 Å². The van der Waals surface area contributed by atoms with Crippen molar-refractivity contribution in [3.63, 3.8) is 0 Å². The van der Waals surface area contributed by atoms with E-state index < -0.39 is 0 Å². The standard InChI is InChI=1S/C18H17/c1-2-7-13-8-6-12-17-15-10-5-4-9-14(15)16(11-3-1)18(13)17/h4-6,9-10,12,16H,1-3,7,11H2. The molecule has 18 heavy (non-hydrogen) atoms. The van der Waals surface area contributed by atoms with Crippen LogP contribution in [0.2, 0.25) is 0 Å². The van der Waals surface area contributed by atoms with Gasteiger partial charge in [-0.1, -0.05) is 49.2 Å². The van der Waals surface area contributed by atoms with Crippen LogP contribution in [0, 0.1) is 6.07 Å². The van der Waals surface area contributed by atoms with E-state index in [9.17, 15) is 0 Å². The van der Waals surface area contributed by atoms with E-state index in [0.29, 0.717) is 5.92 Å². The molecule has 0 heteroatoms. The predicted molar refractivity (Wildman–Crippen MR) is 74.7 cm³/mol. The summed E-state index contributed by atoms with van der Waals surface area (Å²) >= 11 is 0. The molecule has 2 aliphatic rings. The number of hydrogen-bond acceptors (Lipinski definition) is 0. The van der Waals surface area contributed by atoms with Crippen LogP contribution in [0.3, 0.4) is 0 Å². The molecule has 0 spiro atoms. The minimum atomic E-state index is 0.643. The monoisotopic (exact) mass is 233 g/mol. The van der Waals surface area contributed by atoms with Crippen LogP contribution in [0.1, 0.15) is 48.3 Å². The minimum Gasteiger partial charge on any atom is -0.0619 e. The summed E-state index contributed by atoms with van der Waals surface area (Å²) < 4.78 is 0. The average Bonchev–Trinajstić information content (AvgIpc) is 2.70. The lowest BCUT2D eigenvalue weighted by Gasteiger charge is -2.19. The number of aryl methyl sites for hydroxylation is 1. The molecular formula is C18H17. The second-order valence-electron chi connectivity index (χ2n) is 5.52. The lowest BCUT2D eigenvalue weighted by atomic mass is 9.84. The molecule has 0 heterocycles. The Morgan fingerprint density at radius 3 is 2.89 bits per heavy atom. The van der Waals surface area contributed by atoms with Crippen LogP contribution in [-0.2, 0) is 6.42 Å². The molecule has 89 valence electrons. The molecule has 0 bridgehead atoms. The van der Waals surface area contributed by atoms with Gasteiger partial charge in [-0.25, -0.2) is 0 Å². The molecule has 0 N–H and O–H groups in total. The number of rotatable bonds is 0. The average molecular weight is 233 g/mol. The predicted octanol–water partition coefficient (Wildman–Crippen LogP) is 4.72. The van der Waals surface area contributed by atoms with Crippen molar-refractivity contribution in [1.82, 2.24) is 0 Å². The molecular weight excluding hydrogens is 216 g/mol. The first-order valence-corrected chi connectivity index (χ1v) is 7.08. The van der Waals surface area contributed by atoms with Crippen molar-refractivity contribution < 1.29 is 0 Å². The highest BCUT2D eigenvalue weighted by molar-refractivity contribution is 5.80. The third-order valence-corrected chi connectivity index (χ3v) is 4.52. The van der Waals surface area contributed by atoms with Gasteiger partial charge < -0.3 is 0 Å². The zero-order valence-electron chi connectivity index (χ0n) is 10.6. The summed E-state index contributed by atoms with van der Waals surface area (Å²) in [7, 11) is 0. The third-order valence-electron chi connectivity index (χ3n) is 4.52. The van der Waals surface area contributed by atoms with E-state index in [-0.39, 0.29) is 0 Å². The fourth-order valence-electron chi connectivity index (χ4n) is 3.72. The van der Waals surface area contributed by atoms with Gasteiger partial charge in [0.1, 0.15) is 0 Å². The van der Waals surface area contributed by atoms with Crippen molar-refractivity contribution in [2.24, 2.45) is 0 Å². The topological polar surface area (TPSA) is 0 Å². The molecule has 0 fully saturated rings. The highest BCUT2D eigenvalue weighted by atomic mass is 14.3. The molecule has 2 aliphatic carbocycles. The molecule has 0 aromatic heterocycles. The first-order valence-electron chi connectivity index (χ1n) is 7.08. The van der Waals surface area contributed by atoms with Gasteiger partial charge in [0, 0.05) is 5.92 Å². The summed E-state index contributed by atoms with van der Waals surface area (Å²) in [6.07, 6.45) is 6.60. The van der Waals surface area contributed by atoms with E-state index in [1.165, 1.54) is 48.8 Å². The molecule has 2 aromatic rings. The quantitative estimate of drug-likeness (QED) is 0.618. The van der Waals surface area contributed by atoms with Gasteiger partial charge in [0.25, 0.3) is 0 Å². The summed E-state index contributed by atoms with van der Waals surface area (Å²) in [5.41, 5.74) is 7.57. The van der Waals surface area contributed by atoms with Gasteiger partial charge in [0.05, 0.1) is 0 Å². The Morgan fingerprint density at radius 1 is 0.944 bits per heavy atom. The summed E-state index contributed by atoms with van der Waals surface area (Å²) in [5.74, 6) is 0.643. The zero-order chi connectivity index (χ0) is 11.9. The maximum absolute atomic E-state index is 3.50. The Kier molecular flexibility index (Phi) is 2.29. The Bertz CT molecular complexity index is 595. The van der Waals surface area contributed by atoms with Gasteiger partial charge in [-0.2, -0.15) is 0 Å². The normalized spacial score (nSPS) is 20.8. The first-order chi connectivity index (χ1) is 8.95. The highest BCUT2D eigenvalue weighted by Crippen LogP contribution is 2.49. The molecule has 1 atom stereocenters.